The molecule has 1 aliphatic carbocycles. The van der Waals surface area contributed by atoms with Gasteiger partial charge in [-0.05, 0) is 37.8 Å². The van der Waals surface area contributed by atoms with Crippen LogP contribution < -0.4 is 4.90 Å². The van der Waals surface area contributed by atoms with Crippen molar-refractivity contribution in [1.29, 1.82) is 5.26 Å². The van der Waals surface area contributed by atoms with Gasteiger partial charge >= 0.3 is 0 Å². The minimum atomic E-state index is -1.07. The van der Waals surface area contributed by atoms with Gasteiger partial charge in [-0.2, -0.15) is 5.26 Å². The number of ether oxygens (including phenoxy) is 1. The Kier molecular flexibility index (Phi) is 6.17. The zero-order valence-corrected chi connectivity index (χ0v) is 18.0. The summed E-state index contributed by atoms with van der Waals surface area (Å²) in [7, 11) is 1.04. The second-order valence-electron chi connectivity index (χ2n) is 8.81. The van der Waals surface area contributed by atoms with E-state index >= 15 is 0 Å². The lowest BCUT2D eigenvalue weighted by Gasteiger charge is -2.33. The summed E-state index contributed by atoms with van der Waals surface area (Å²) in [5.74, 6) is 1.19. The van der Waals surface area contributed by atoms with E-state index in [1.54, 1.807) is 6.33 Å². The SMILES string of the molecule is CN(c1ncnc2c1ccn2COCC[Si](C)(C)C)C1CCC(C#N)CC1. The van der Waals surface area contributed by atoms with E-state index < -0.39 is 8.07 Å². The van der Waals surface area contributed by atoms with Crippen molar-refractivity contribution in [3.8, 4) is 6.07 Å². The third-order valence-electron chi connectivity index (χ3n) is 5.52. The first kappa shape index (κ1) is 19.8. The normalized spacial score (nSPS) is 20.6. The van der Waals surface area contributed by atoms with Crippen molar-refractivity contribution in [1.82, 2.24) is 14.5 Å². The summed E-state index contributed by atoms with van der Waals surface area (Å²) in [6.07, 6.45) is 7.73. The number of nitrogens with zero attached hydrogens (tertiary/aromatic N) is 5. The Morgan fingerprint density at radius 1 is 1.26 bits per heavy atom. The summed E-state index contributed by atoms with van der Waals surface area (Å²) in [5, 5.41) is 10.2. The minimum absolute atomic E-state index is 0.217. The van der Waals surface area contributed by atoms with E-state index in [2.05, 4.69) is 58.3 Å². The van der Waals surface area contributed by atoms with Gasteiger partial charge in [0.2, 0.25) is 0 Å². The first-order valence-corrected chi connectivity index (χ1v) is 13.6. The molecule has 3 rings (SSSR count). The Hall–Kier alpha value is -1.91. The molecule has 146 valence electrons. The van der Waals surface area contributed by atoms with Gasteiger partial charge in [-0.25, -0.2) is 9.97 Å². The maximum absolute atomic E-state index is 9.11. The second kappa shape index (κ2) is 8.40. The first-order valence-electron chi connectivity index (χ1n) is 9.89. The quantitative estimate of drug-likeness (QED) is 0.526. The van der Waals surface area contributed by atoms with Crippen LogP contribution in [0.2, 0.25) is 25.7 Å². The van der Waals surface area contributed by atoms with Crippen molar-refractivity contribution in [2.45, 2.75) is 64.1 Å². The number of fused-ring (bicyclic) bond motifs is 1. The van der Waals surface area contributed by atoms with E-state index in [-0.39, 0.29) is 5.92 Å². The molecule has 2 aromatic heterocycles. The van der Waals surface area contributed by atoms with Crippen molar-refractivity contribution in [2.24, 2.45) is 5.92 Å². The number of nitriles is 1. The molecule has 1 aliphatic rings. The molecule has 0 unspecified atom stereocenters. The van der Waals surface area contributed by atoms with Gasteiger partial charge in [-0.1, -0.05) is 19.6 Å². The monoisotopic (exact) mass is 385 g/mol. The zero-order chi connectivity index (χ0) is 19.4. The molecule has 0 aromatic carbocycles. The molecule has 0 bridgehead atoms. The van der Waals surface area contributed by atoms with E-state index in [0.29, 0.717) is 12.8 Å². The minimum Gasteiger partial charge on any atom is -0.361 e. The van der Waals surface area contributed by atoms with Gasteiger partial charge in [0.25, 0.3) is 0 Å². The number of hydrogen-bond donors (Lipinski definition) is 0. The van der Waals surface area contributed by atoms with E-state index in [1.165, 1.54) is 6.04 Å². The fourth-order valence-corrected chi connectivity index (χ4v) is 4.44. The molecule has 0 atom stereocenters. The Labute approximate surface area is 163 Å². The summed E-state index contributed by atoms with van der Waals surface area (Å²) in [5.41, 5.74) is 0.922. The van der Waals surface area contributed by atoms with Gasteiger partial charge < -0.3 is 14.2 Å². The van der Waals surface area contributed by atoms with Crippen LogP contribution in [-0.4, -0.2) is 42.3 Å². The van der Waals surface area contributed by atoms with Crippen LogP contribution in [0.3, 0.4) is 0 Å². The summed E-state index contributed by atoms with van der Waals surface area (Å²) < 4.78 is 7.96. The Morgan fingerprint density at radius 3 is 2.67 bits per heavy atom. The highest BCUT2D eigenvalue weighted by Crippen LogP contribution is 2.31. The van der Waals surface area contributed by atoms with Crippen molar-refractivity contribution in [3.05, 3.63) is 18.6 Å². The number of rotatable bonds is 7. The number of anilines is 1. The molecule has 7 heteroatoms. The van der Waals surface area contributed by atoms with Crippen molar-refractivity contribution in [2.75, 3.05) is 18.6 Å². The molecule has 2 aromatic rings. The lowest BCUT2D eigenvalue weighted by atomic mass is 9.86. The molecule has 0 saturated heterocycles. The van der Waals surface area contributed by atoms with Crippen LogP contribution in [0.1, 0.15) is 25.7 Å². The molecule has 2 heterocycles. The third kappa shape index (κ3) is 4.88. The molecule has 0 radical (unpaired) electrons. The summed E-state index contributed by atoms with van der Waals surface area (Å²) in [6.45, 7) is 8.42. The van der Waals surface area contributed by atoms with E-state index in [1.807, 2.05) is 6.20 Å². The van der Waals surface area contributed by atoms with E-state index in [4.69, 9.17) is 10.00 Å². The topological polar surface area (TPSA) is 67.0 Å². The molecule has 0 aliphatic heterocycles. The van der Waals surface area contributed by atoms with Crippen molar-refractivity contribution < 1.29 is 4.74 Å². The highest BCUT2D eigenvalue weighted by Gasteiger charge is 2.26. The lowest BCUT2D eigenvalue weighted by molar-refractivity contribution is 0.0899. The fourth-order valence-electron chi connectivity index (χ4n) is 3.68. The highest BCUT2D eigenvalue weighted by molar-refractivity contribution is 6.76. The molecule has 0 amide bonds. The van der Waals surface area contributed by atoms with Gasteiger partial charge in [-0.3, -0.25) is 0 Å². The zero-order valence-electron chi connectivity index (χ0n) is 17.0. The van der Waals surface area contributed by atoms with Crippen LogP contribution in [-0.2, 0) is 11.5 Å². The van der Waals surface area contributed by atoms with Crippen LogP contribution in [0.4, 0.5) is 5.82 Å². The number of aromatic nitrogens is 3. The maximum atomic E-state index is 9.11. The summed E-state index contributed by atoms with van der Waals surface area (Å²) >= 11 is 0. The van der Waals surface area contributed by atoms with Crippen LogP contribution in [0.15, 0.2) is 18.6 Å². The maximum Gasteiger partial charge on any atom is 0.147 e. The average molecular weight is 386 g/mol. The van der Waals surface area contributed by atoms with Crippen LogP contribution in [0, 0.1) is 17.2 Å². The predicted octanol–water partition coefficient (Wildman–Crippen LogP) is 4.26. The largest absolute Gasteiger partial charge is 0.361 e. The summed E-state index contributed by atoms with van der Waals surface area (Å²) in [4.78, 5) is 11.3. The lowest BCUT2D eigenvalue weighted by Crippen LogP contribution is -2.35. The Morgan fingerprint density at radius 2 is 2.00 bits per heavy atom. The number of hydrogen-bond acceptors (Lipinski definition) is 5. The van der Waals surface area contributed by atoms with Gasteiger partial charge in [0, 0.05) is 39.9 Å². The molecular weight excluding hydrogens is 354 g/mol. The van der Waals surface area contributed by atoms with E-state index in [0.717, 1.165) is 49.1 Å². The van der Waals surface area contributed by atoms with Gasteiger partial charge in [0.15, 0.2) is 0 Å². The molecular formula is C20H31N5OSi. The molecule has 0 spiro atoms. The van der Waals surface area contributed by atoms with Crippen LogP contribution in [0.5, 0.6) is 0 Å². The van der Waals surface area contributed by atoms with Crippen LogP contribution in [0.25, 0.3) is 11.0 Å². The average Bonchev–Trinajstić information content (AvgIpc) is 3.07. The summed E-state index contributed by atoms with van der Waals surface area (Å²) in [6, 6.07) is 6.10. The smallest absolute Gasteiger partial charge is 0.147 e. The second-order valence-corrected chi connectivity index (χ2v) is 14.4. The molecule has 0 N–H and O–H groups in total. The van der Waals surface area contributed by atoms with Crippen LogP contribution >= 0.6 is 0 Å². The molecule has 6 nitrogen and oxygen atoms in total. The van der Waals surface area contributed by atoms with Gasteiger partial charge in [-0.15, -0.1) is 0 Å². The van der Waals surface area contributed by atoms with Crippen molar-refractivity contribution in [3.63, 3.8) is 0 Å². The third-order valence-corrected chi connectivity index (χ3v) is 7.23. The van der Waals surface area contributed by atoms with Crippen molar-refractivity contribution >= 4 is 24.9 Å². The Bertz CT molecular complexity index is 799. The molecule has 1 saturated carbocycles. The predicted molar refractivity (Wildman–Crippen MR) is 111 cm³/mol. The molecule has 27 heavy (non-hydrogen) atoms. The first-order chi connectivity index (χ1) is 12.9. The Balaban J connectivity index is 1.69. The fraction of sp³-hybridized carbons (Fsp3) is 0.650. The molecule has 1 fully saturated rings. The van der Waals surface area contributed by atoms with E-state index in [9.17, 15) is 0 Å². The highest BCUT2D eigenvalue weighted by atomic mass is 28.3. The standard InChI is InChI=1S/C20H31N5OSi/c1-24(17-7-5-16(13-21)6-8-17)19-18-9-10-25(20(18)23-14-22-19)15-26-11-12-27(2,3)4/h9-10,14,16-17H,5-8,11-12,15H2,1-4H3. The van der Waals surface area contributed by atoms with Gasteiger partial charge in [0.1, 0.15) is 24.5 Å². The van der Waals surface area contributed by atoms with Gasteiger partial charge in [0.05, 0.1) is 11.5 Å².